The molecule has 0 atom stereocenters. The molecule has 0 rings (SSSR count). The maximum atomic E-state index is 10.9. The first-order valence-corrected chi connectivity index (χ1v) is 4.07. The highest BCUT2D eigenvalue weighted by Crippen LogP contribution is 1.87. The maximum absolute atomic E-state index is 10.9. The lowest BCUT2D eigenvalue weighted by atomic mass is 10.5. The summed E-state index contributed by atoms with van der Waals surface area (Å²) in [6.07, 6.45) is 0. The van der Waals surface area contributed by atoms with Crippen molar-refractivity contribution >= 4 is 24.4 Å². The molecule has 0 aromatic rings. The lowest BCUT2D eigenvalue weighted by Crippen LogP contribution is -2.37. The fourth-order valence-corrected chi connectivity index (χ4v) is 0.769. The van der Waals surface area contributed by atoms with E-state index >= 15 is 0 Å². The number of amides is 2. The van der Waals surface area contributed by atoms with Crippen molar-refractivity contribution < 1.29 is 14.4 Å². The molecule has 0 heterocycles. The molecule has 0 fully saturated rings. The highest BCUT2D eigenvalue weighted by Gasteiger charge is 2.08. The molecule has 0 spiro atoms. The third-order valence-electron chi connectivity index (χ3n) is 1.51. The van der Waals surface area contributed by atoms with Crippen LogP contribution in [0.4, 0.5) is 4.79 Å². The van der Waals surface area contributed by atoms with Crippen molar-refractivity contribution in [1.29, 1.82) is 0 Å². The first-order chi connectivity index (χ1) is 6.10. The molecule has 7 heteroatoms. The van der Waals surface area contributed by atoms with Crippen molar-refractivity contribution in [3.63, 3.8) is 0 Å². The summed E-state index contributed by atoms with van der Waals surface area (Å²) in [4.78, 5) is 27.3. The van der Waals surface area contributed by atoms with E-state index in [1.807, 2.05) is 18.7 Å². The Morgan fingerprint density at radius 1 is 1.36 bits per heavy atom. The van der Waals surface area contributed by atoms with Crippen LogP contribution in [0.3, 0.4) is 0 Å². The van der Waals surface area contributed by atoms with Crippen LogP contribution in [-0.4, -0.2) is 36.5 Å². The van der Waals surface area contributed by atoms with E-state index in [0.29, 0.717) is 0 Å². The minimum Gasteiger partial charge on any atom is -0.349 e. The summed E-state index contributed by atoms with van der Waals surface area (Å²) in [5.74, 6) is -0.525. The lowest BCUT2D eigenvalue weighted by molar-refractivity contribution is -0.149. The van der Waals surface area contributed by atoms with Crippen LogP contribution < -0.4 is 11.2 Å². The molecule has 0 aromatic heterocycles. The van der Waals surface area contributed by atoms with Crippen LogP contribution >= 0.6 is 12.4 Å². The Morgan fingerprint density at radius 2 is 1.86 bits per heavy atom. The quantitative estimate of drug-likeness (QED) is 0.653. The van der Waals surface area contributed by atoms with Gasteiger partial charge in [-0.15, -0.1) is 12.4 Å². The highest BCUT2D eigenvalue weighted by atomic mass is 35.5. The second-order valence-corrected chi connectivity index (χ2v) is 2.40. The van der Waals surface area contributed by atoms with Gasteiger partial charge in [0.15, 0.2) is 0 Å². The first kappa shape index (κ1) is 15.5. The van der Waals surface area contributed by atoms with Crippen LogP contribution in [0.15, 0.2) is 0 Å². The summed E-state index contributed by atoms with van der Waals surface area (Å²) < 4.78 is 0. The number of likely N-dealkylation sites (N-methyl/N-ethyl adjacent to an activating group) is 1. The van der Waals surface area contributed by atoms with E-state index in [2.05, 4.69) is 4.84 Å². The van der Waals surface area contributed by atoms with Gasteiger partial charge in [-0.05, 0) is 13.1 Å². The Bertz CT molecular complexity index is 185. The number of carbonyl (C=O) groups excluding carboxylic acids is 2. The predicted molar refractivity (Wildman–Crippen MR) is 53.8 cm³/mol. The van der Waals surface area contributed by atoms with E-state index in [4.69, 9.17) is 5.73 Å². The Kier molecular flexibility index (Phi) is 9.48. The Labute approximate surface area is 89.1 Å². The molecule has 84 valence electrons. The molecular weight excluding hydrogens is 210 g/mol. The second kappa shape index (κ2) is 8.58. The summed E-state index contributed by atoms with van der Waals surface area (Å²) in [6.45, 7) is 5.51. The molecule has 0 saturated heterocycles. The smallest absolute Gasteiger partial charge is 0.346 e. The zero-order chi connectivity index (χ0) is 10.3. The number of nitrogens with two attached hydrogens (primary N) is 1. The fourth-order valence-electron chi connectivity index (χ4n) is 0.769. The molecule has 3 N–H and O–H groups in total. The van der Waals surface area contributed by atoms with Gasteiger partial charge in [0, 0.05) is 0 Å². The summed E-state index contributed by atoms with van der Waals surface area (Å²) >= 11 is 0. The molecule has 0 bridgehead atoms. The number of halogens is 1. The molecular formula is C7H16ClN3O3. The molecule has 6 nitrogen and oxygen atoms in total. The van der Waals surface area contributed by atoms with Gasteiger partial charge in [-0.2, -0.15) is 5.48 Å². The monoisotopic (exact) mass is 225 g/mol. The van der Waals surface area contributed by atoms with Gasteiger partial charge in [0.25, 0.3) is 0 Å². The fraction of sp³-hybridized carbons (Fsp3) is 0.714. The minimum atomic E-state index is -0.882. The maximum Gasteiger partial charge on any atom is 0.346 e. The highest BCUT2D eigenvalue weighted by molar-refractivity contribution is 5.85. The molecule has 14 heavy (non-hydrogen) atoms. The number of rotatable bonds is 4. The molecule has 0 radical (unpaired) electrons. The van der Waals surface area contributed by atoms with Gasteiger partial charge in [0.05, 0.1) is 6.54 Å². The number of hydroxylamine groups is 1. The van der Waals surface area contributed by atoms with Gasteiger partial charge in [0.2, 0.25) is 0 Å². The van der Waals surface area contributed by atoms with E-state index in [0.717, 1.165) is 13.1 Å². The summed E-state index contributed by atoms with van der Waals surface area (Å²) in [5, 5.41) is 0. The van der Waals surface area contributed by atoms with Crippen LogP contribution in [0.2, 0.25) is 0 Å². The third-order valence-corrected chi connectivity index (χ3v) is 1.51. The van der Waals surface area contributed by atoms with E-state index in [1.165, 1.54) is 0 Å². The normalized spacial score (nSPS) is 9.07. The first-order valence-electron chi connectivity index (χ1n) is 4.07. The van der Waals surface area contributed by atoms with Gasteiger partial charge in [0.1, 0.15) is 0 Å². The molecule has 0 aliphatic carbocycles. The van der Waals surface area contributed by atoms with Crippen molar-refractivity contribution in [1.82, 2.24) is 10.4 Å². The van der Waals surface area contributed by atoms with Gasteiger partial charge >= 0.3 is 12.0 Å². The van der Waals surface area contributed by atoms with Gasteiger partial charge in [-0.3, -0.25) is 4.90 Å². The van der Waals surface area contributed by atoms with Crippen LogP contribution in [0, 0.1) is 0 Å². The van der Waals surface area contributed by atoms with Crippen molar-refractivity contribution in [3.8, 4) is 0 Å². The number of nitrogens with one attached hydrogen (secondary N) is 1. The van der Waals surface area contributed by atoms with Gasteiger partial charge in [-0.25, -0.2) is 9.59 Å². The zero-order valence-corrected chi connectivity index (χ0v) is 9.10. The summed E-state index contributed by atoms with van der Waals surface area (Å²) in [5.41, 5.74) is 6.46. The number of urea groups is 1. The average Bonchev–Trinajstić information content (AvgIpc) is 2.10. The second-order valence-electron chi connectivity index (χ2n) is 2.40. The van der Waals surface area contributed by atoms with E-state index in [-0.39, 0.29) is 19.0 Å². The largest absolute Gasteiger partial charge is 0.349 e. The number of hydrogen-bond acceptors (Lipinski definition) is 4. The number of carbonyl (C=O) groups is 2. The summed E-state index contributed by atoms with van der Waals surface area (Å²) in [6, 6.07) is -0.882. The van der Waals surface area contributed by atoms with Crippen LogP contribution in [-0.2, 0) is 9.63 Å². The Morgan fingerprint density at radius 3 is 2.21 bits per heavy atom. The molecule has 0 aliphatic rings. The predicted octanol–water partition coefficient (Wildman–Crippen LogP) is -0.123. The molecule has 0 aliphatic heterocycles. The average molecular weight is 226 g/mol. The zero-order valence-electron chi connectivity index (χ0n) is 8.28. The lowest BCUT2D eigenvalue weighted by Gasteiger charge is -2.15. The Hall–Kier alpha value is -1.01. The van der Waals surface area contributed by atoms with Crippen molar-refractivity contribution in [2.24, 2.45) is 5.73 Å². The van der Waals surface area contributed by atoms with Crippen molar-refractivity contribution in [3.05, 3.63) is 0 Å². The van der Waals surface area contributed by atoms with E-state index in [9.17, 15) is 9.59 Å². The SMILES string of the molecule is CCN(CC)CC(=O)ONC(N)=O.Cl. The molecule has 0 unspecified atom stereocenters. The molecule has 0 saturated carbocycles. The minimum absolute atomic E-state index is 0. The standard InChI is InChI=1S/C7H15N3O3.ClH/c1-3-10(4-2)5-6(11)13-9-7(8)12;/h3-5H2,1-2H3,(H3,8,9,12);1H. The topological polar surface area (TPSA) is 84.7 Å². The van der Waals surface area contributed by atoms with Crippen molar-refractivity contribution in [2.45, 2.75) is 13.8 Å². The molecule has 0 aromatic carbocycles. The van der Waals surface area contributed by atoms with Gasteiger partial charge < -0.3 is 10.6 Å². The van der Waals surface area contributed by atoms with Crippen LogP contribution in [0.1, 0.15) is 13.8 Å². The van der Waals surface area contributed by atoms with E-state index < -0.39 is 12.0 Å². The van der Waals surface area contributed by atoms with Gasteiger partial charge in [-0.1, -0.05) is 13.8 Å². The summed E-state index contributed by atoms with van der Waals surface area (Å²) in [7, 11) is 0. The van der Waals surface area contributed by atoms with Crippen molar-refractivity contribution in [2.75, 3.05) is 19.6 Å². The third kappa shape index (κ3) is 7.63. The number of hydrogen-bond donors (Lipinski definition) is 2. The van der Waals surface area contributed by atoms with E-state index in [1.54, 1.807) is 5.48 Å². The number of nitrogens with zero attached hydrogens (tertiary/aromatic N) is 1. The van der Waals surface area contributed by atoms with Crippen LogP contribution in [0.25, 0.3) is 0 Å². The van der Waals surface area contributed by atoms with Crippen LogP contribution in [0.5, 0.6) is 0 Å². The number of primary amides is 1. The molecule has 2 amide bonds. The Balaban J connectivity index is 0.